The first-order valence-corrected chi connectivity index (χ1v) is 6.28. The average molecular weight is 292 g/mol. The van der Waals surface area contributed by atoms with Crippen LogP contribution in [0.5, 0.6) is 11.6 Å². The van der Waals surface area contributed by atoms with Crippen molar-refractivity contribution < 1.29 is 14.1 Å². The Hall–Kier alpha value is -2.77. The van der Waals surface area contributed by atoms with Gasteiger partial charge < -0.3 is 10.1 Å². The molecule has 0 aliphatic carbocycles. The molecule has 0 atom stereocenters. The average Bonchev–Trinajstić information content (AvgIpc) is 2.47. The maximum Gasteiger partial charge on any atom is 0.314 e. The largest absolute Gasteiger partial charge is 0.432 e. The van der Waals surface area contributed by atoms with Gasteiger partial charge in [-0.1, -0.05) is 6.92 Å². The molecule has 0 unspecified atom stereocenters. The molecule has 0 radical (unpaired) electrons. The van der Waals surface area contributed by atoms with E-state index < -0.39 is 16.4 Å². The molecular weight excluding hydrogens is 279 g/mol. The maximum atomic E-state index is 13.1. The first kappa shape index (κ1) is 14.6. The lowest BCUT2D eigenvalue weighted by molar-refractivity contribution is -0.385. The SMILES string of the molecule is CCCNc1cc(Oc2ccc(F)cc2[N+](=O)[O-])ncn1. The Morgan fingerprint density at radius 2 is 2.19 bits per heavy atom. The van der Waals surface area contributed by atoms with Gasteiger partial charge in [-0.25, -0.2) is 14.4 Å². The van der Waals surface area contributed by atoms with Crippen molar-refractivity contribution in [3.05, 3.63) is 46.5 Å². The molecule has 0 spiro atoms. The maximum absolute atomic E-state index is 13.1. The lowest BCUT2D eigenvalue weighted by atomic mass is 10.3. The van der Waals surface area contributed by atoms with E-state index in [-0.39, 0.29) is 11.6 Å². The zero-order valence-corrected chi connectivity index (χ0v) is 11.2. The van der Waals surface area contributed by atoms with Crippen molar-refractivity contribution in [3.8, 4) is 11.6 Å². The highest BCUT2D eigenvalue weighted by atomic mass is 19.1. The highest BCUT2D eigenvalue weighted by Gasteiger charge is 2.17. The third kappa shape index (κ3) is 3.85. The van der Waals surface area contributed by atoms with Gasteiger partial charge in [-0.3, -0.25) is 10.1 Å². The lowest BCUT2D eigenvalue weighted by Gasteiger charge is -2.07. The van der Waals surface area contributed by atoms with Gasteiger partial charge in [-0.2, -0.15) is 0 Å². The van der Waals surface area contributed by atoms with Crippen LogP contribution in [-0.4, -0.2) is 21.4 Å². The van der Waals surface area contributed by atoms with Crippen molar-refractivity contribution in [1.82, 2.24) is 9.97 Å². The van der Waals surface area contributed by atoms with Crippen LogP contribution in [0.1, 0.15) is 13.3 Å². The predicted octanol–water partition coefficient (Wildman–Crippen LogP) is 3.14. The van der Waals surface area contributed by atoms with Gasteiger partial charge in [-0.05, 0) is 18.6 Å². The predicted molar refractivity (Wildman–Crippen MR) is 73.9 cm³/mol. The third-order valence-corrected chi connectivity index (χ3v) is 2.53. The Balaban J connectivity index is 2.24. The van der Waals surface area contributed by atoms with Crippen molar-refractivity contribution in [2.75, 3.05) is 11.9 Å². The van der Waals surface area contributed by atoms with E-state index in [1.54, 1.807) is 0 Å². The Labute approximate surface area is 120 Å². The molecule has 1 aromatic heterocycles. The second-order valence-electron chi connectivity index (χ2n) is 4.14. The number of halogens is 1. The van der Waals surface area contributed by atoms with Crippen LogP contribution in [0.25, 0.3) is 0 Å². The van der Waals surface area contributed by atoms with Crippen LogP contribution in [0.2, 0.25) is 0 Å². The first-order valence-electron chi connectivity index (χ1n) is 6.28. The standard InChI is InChI=1S/C13H13FN4O3/c1-2-5-15-12-7-13(17-8-16-12)21-11-4-3-9(14)6-10(11)18(19)20/h3-4,6-8H,2,5H2,1H3,(H,15,16,17). The number of nitro benzene ring substituents is 1. The molecular formula is C13H13FN4O3. The molecule has 0 amide bonds. The van der Waals surface area contributed by atoms with Gasteiger partial charge in [0.1, 0.15) is 18.0 Å². The molecule has 2 aromatic rings. The Kier molecular flexibility index (Phi) is 4.60. The Morgan fingerprint density at radius 3 is 2.90 bits per heavy atom. The Morgan fingerprint density at radius 1 is 1.38 bits per heavy atom. The molecule has 0 fully saturated rings. The minimum atomic E-state index is -0.712. The minimum absolute atomic E-state index is 0.0819. The topological polar surface area (TPSA) is 90.2 Å². The van der Waals surface area contributed by atoms with Gasteiger partial charge in [0.15, 0.2) is 0 Å². The molecule has 7 nitrogen and oxygen atoms in total. The van der Waals surface area contributed by atoms with Gasteiger partial charge in [-0.15, -0.1) is 0 Å². The van der Waals surface area contributed by atoms with E-state index in [0.29, 0.717) is 5.82 Å². The number of nitrogens with zero attached hydrogens (tertiary/aromatic N) is 3. The number of benzene rings is 1. The molecule has 21 heavy (non-hydrogen) atoms. The van der Waals surface area contributed by atoms with Crippen LogP contribution >= 0.6 is 0 Å². The highest BCUT2D eigenvalue weighted by Crippen LogP contribution is 2.31. The summed E-state index contributed by atoms with van der Waals surface area (Å²) in [7, 11) is 0. The molecule has 0 saturated carbocycles. The van der Waals surface area contributed by atoms with Crippen LogP contribution in [0.3, 0.4) is 0 Å². The lowest BCUT2D eigenvalue weighted by Crippen LogP contribution is -2.02. The number of anilines is 1. The Bertz CT molecular complexity index is 651. The number of nitro groups is 1. The second-order valence-corrected chi connectivity index (χ2v) is 4.14. The van der Waals surface area contributed by atoms with Crippen molar-refractivity contribution in [1.29, 1.82) is 0 Å². The summed E-state index contributed by atoms with van der Waals surface area (Å²) < 4.78 is 18.4. The van der Waals surface area contributed by atoms with Crippen LogP contribution in [-0.2, 0) is 0 Å². The van der Waals surface area contributed by atoms with Gasteiger partial charge in [0.25, 0.3) is 0 Å². The number of aromatic nitrogens is 2. The summed E-state index contributed by atoms with van der Waals surface area (Å²) in [6, 6.07) is 4.59. The van der Waals surface area contributed by atoms with Crippen molar-refractivity contribution in [3.63, 3.8) is 0 Å². The second kappa shape index (κ2) is 6.60. The zero-order valence-electron chi connectivity index (χ0n) is 11.2. The highest BCUT2D eigenvalue weighted by molar-refractivity contribution is 5.48. The normalized spacial score (nSPS) is 10.2. The molecule has 0 bridgehead atoms. The molecule has 8 heteroatoms. The van der Waals surface area contributed by atoms with E-state index in [9.17, 15) is 14.5 Å². The summed E-state index contributed by atoms with van der Waals surface area (Å²) in [6.45, 7) is 2.74. The molecule has 2 rings (SSSR count). The van der Waals surface area contributed by atoms with Crippen LogP contribution in [0, 0.1) is 15.9 Å². The van der Waals surface area contributed by atoms with Gasteiger partial charge in [0, 0.05) is 12.6 Å². The van der Waals surface area contributed by atoms with E-state index in [1.165, 1.54) is 18.5 Å². The molecule has 1 N–H and O–H groups in total. The van der Waals surface area contributed by atoms with Gasteiger partial charge in [0.05, 0.1) is 11.0 Å². The summed E-state index contributed by atoms with van der Waals surface area (Å²) in [4.78, 5) is 18.0. The molecule has 0 aliphatic rings. The fraction of sp³-hybridized carbons (Fsp3) is 0.231. The third-order valence-electron chi connectivity index (χ3n) is 2.53. The van der Waals surface area contributed by atoms with Crippen LogP contribution in [0.4, 0.5) is 15.9 Å². The van der Waals surface area contributed by atoms with E-state index in [4.69, 9.17) is 4.74 Å². The fourth-order valence-corrected chi connectivity index (χ4v) is 1.58. The molecule has 0 saturated heterocycles. The van der Waals surface area contributed by atoms with Crippen molar-refractivity contribution >= 4 is 11.5 Å². The fourth-order valence-electron chi connectivity index (χ4n) is 1.58. The monoisotopic (exact) mass is 292 g/mol. The van der Waals surface area contributed by atoms with Crippen molar-refractivity contribution in [2.45, 2.75) is 13.3 Å². The molecule has 0 aliphatic heterocycles. The number of nitrogens with one attached hydrogen (secondary N) is 1. The number of ether oxygens (including phenoxy) is 1. The van der Waals surface area contributed by atoms with E-state index in [0.717, 1.165) is 25.1 Å². The summed E-state index contributed by atoms with van der Waals surface area (Å²) in [5, 5.41) is 13.9. The molecule has 1 aromatic carbocycles. The minimum Gasteiger partial charge on any atom is -0.432 e. The summed E-state index contributed by atoms with van der Waals surface area (Å²) >= 11 is 0. The first-order chi connectivity index (χ1) is 10.1. The zero-order chi connectivity index (χ0) is 15.2. The van der Waals surface area contributed by atoms with E-state index in [2.05, 4.69) is 15.3 Å². The molecule has 1 heterocycles. The van der Waals surface area contributed by atoms with Gasteiger partial charge >= 0.3 is 5.69 Å². The van der Waals surface area contributed by atoms with Gasteiger partial charge in [0.2, 0.25) is 11.6 Å². The number of hydrogen-bond donors (Lipinski definition) is 1. The van der Waals surface area contributed by atoms with Crippen molar-refractivity contribution in [2.24, 2.45) is 0 Å². The van der Waals surface area contributed by atoms with E-state index >= 15 is 0 Å². The number of hydrogen-bond acceptors (Lipinski definition) is 6. The van der Waals surface area contributed by atoms with Crippen LogP contribution in [0.15, 0.2) is 30.6 Å². The summed E-state index contributed by atoms with van der Waals surface area (Å²) in [5.41, 5.74) is -0.461. The summed E-state index contributed by atoms with van der Waals surface area (Å²) in [5.74, 6) is -0.103. The smallest absolute Gasteiger partial charge is 0.314 e. The number of rotatable bonds is 6. The van der Waals surface area contributed by atoms with E-state index in [1.807, 2.05) is 6.92 Å². The summed E-state index contributed by atoms with van der Waals surface area (Å²) in [6.07, 6.45) is 2.20. The molecule has 110 valence electrons. The quantitative estimate of drug-likeness (QED) is 0.649. The van der Waals surface area contributed by atoms with Crippen LogP contribution < -0.4 is 10.1 Å².